The average molecular weight is 470 g/mol. The van der Waals surface area contributed by atoms with E-state index in [1.165, 1.54) is 23.1 Å². The molecule has 0 fully saturated rings. The van der Waals surface area contributed by atoms with E-state index in [-0.39, 0.29) is 11.5 Å². The Kier molecular flexibility index (Phi) is 6.18. The summed E-state index contributed by atoms with van der Waals surface area (Å²) in [7, 11) is 0. The predicted octanol–water partition coefficient (Wildman–Crippen LogP) is 6.04. The maximum Gasteiger partial charge on any atom is 0.260 e. The van der Waals surface area contributed by atoms with Crippen molar-refractivity contribution >= 4 is 56.5 Å². The van der Waals surface area contributed by atoms with Crippen molar-refractivity contribution < 1.29 is 4.79 Å². The molecule has 0 aliphatic carbocycles. The van der Waals surface area contributed by atoms with Crippen molar-refractivity contribution in [3.63, 3.8) is 0 Å². The third-order valence-corrected chi connectivity index (χ3v) is 7.35. The third-order valence-electron chi connectivity index (χ3n) is 4.96. The van der Waals surface area contributed by atoms with E-state index in [1.54, 1.807) is 19.1 Å². The first-order chi connectivity index (χ1) is 14.8. The molecule has 4 aromatic rings. The maximum atomic E-state index is 12.9. The summed E-state index contributed by atoms with van der Waals surface area (Å²) in [4.78, 5) is 34.8. The van der Waals surface area contributed by atoms with Crippen molar-refractivity contribution in [3.05, 3.63) is 74.3 Å². The molecule has 2 heterocycles. The number of H-pyrrole nitrogens is 1. The van der Waals surface area contributed by atoms with Gasteiger partial charge in [0.1, 0.15) is 4.83 Å². The molecule has 1 unspecified atom stereocenters. The van der Waals surface area contributed by atoms with E-state index in [0.29, 0.717) is 26.1 Å². The lowest BCUT2D eigenvalue weighted by molar-refractivity contribution is -0.115. The standard InChI is InChI=1S/C23H20ClN3O2S2/c1-12-16(24)10-7-11-17(12)25-20(28)14(3)31-23-26-21(29)19-18(13(2)30-22(19)27-23)15-8-5-4-6-9-15/h4-11,14H,1-3H3,(H,25,28)(H,26,27,29). The van der Waals surface area contributed by atoms with Gasteiger partial charge in [0.25, 0.3) is 5.56 Å². The number of amides is 1. The molecular formula is C23H20ClN3O2S2. The number of anilines is 1. The Morgan fingerprint density at radius 3 is 2.65 bits per heavy atom. The second-order valence-electron chi connectivity index (χ2n) is 7.11. The number of aromatic amines is 1. The van der Waals surface area contributed by atoms with Gasteiger partial charge in [0.2, 0.25) is 5.91 Å². The second-order valence-corrected chi connectivity index (χ2v) is 10.1. The van der Waals surface area contributed by atoms with Gasteiger partial charge in [0, 0.05) is 21.2 Å². The van der Waals surface area contributed by atoms with Crippen LogP contribution in [0.3, 0.4) is 0 Å². The molecule has 2 aromatic carbocycles. The molecule has 0 aliphatic heterocycles. The number of carbonyl (C=O) groups excluding carboxylic acids is 1. The highest BCUT2D eigenvalue weighted by atomic mass is 35.5. The molecule has 2 N–H and O–H groups in total. The first-order valence-corrected chi connectivity index (χ1v) is 11.7. The van der Waals surface area contributed by atoms with Gasteiger partial charge in [-0.25, -0.2) is 4.98 Å². The molecule has 0 bridgehead atoms. The fraction of sp³-hybridized carbons (Fsp3) is 0.174. The fourth-order valence-electron chi connectivity index (χ4n) is 3.31. The largest absolute Gasteiger partial charge is 0.325 e. The molecule has 1 atom stereocenters. The lowest BCUT2D eigenvalue weighted by atomic mass is 10.0. The summed E-state index contributed by atoms with van der Waals surface area (Å²) in [6.07, 6.45) is 0. The molecule has 8 heteroatoms. The van der Waals surface area contributed by atoms with Crippen LogP contribution in [0.5, 0.6) is 0 Å². The normalized spacial score (nSPS) is 12.1. The Hall–Kier alpha value is -2.61. The van der Waals surface area contributed by atoms with Crippen LogP contribution in [0, 0.1) is 13.8 Å². The van der Waals surface area contributed by atoms with Crippen LogP contribution in [-0.4, -0.2) is 21.1 Å². The number of benzene rings is 2. The zero-order valence-electron chi connectivity index (χ0n) is 17.2. The molecule has 2 aromatic heterocycles. The highest BCUT2D eigenvalue weighted by molar-refractivity contribution is 8.00. The van der Waals surface area contributed by atoms with E-state index in [2.05, 4.69) is 15.3 Å². The number of rotatable bonds is 5. The SMILES string of the molecule is Cc1sc2nc(SC(C)C(=O)Nc3cccc(Cl)c3C)[nH]c(=O)c2c1-c1ccccc1. The Morgan fingerprint density at radius 2 is 1.90 bits per heavy atom. The van der Waals surface area contributed by atoms with E-state index in [1.807, 2.05) is 50.2 Å². The van der Waals surface area contributed by atoms with Crippen LogP contribution < -0.4 is 10.9 Å². The number of aromatic nitrogens is 2. The Morgan fingerprint density at radius 1 is 1.16 bits per heavy atom. The number of thioether (sulfide) groups is 1. The van der Waals surface area contributed by atoms with E-state index in [9.17, 15) is 9.59 Å². The summed E-state index contributed by atoms with van der Waals surface area (Å²) < 4.78 is 0. The lowest BCUT2D eigenvalue weighted by Crippen LogP contribution is -2.23. The molecule has 4 rings (SSSR count). The predicted molar refractivity (Wildman–Crippen MR) is 131 cm³/mol. The summed E-state index contributed by atoms with van der Waals surface area (Å²) in [6.45, 7) is 5.62. The van der Waals surface area contributed by atoms with Gasteiger partial charge >= 0.3 is 0 Å². The summed E-state index contributed by atoms with van der Waals surface area (Å²) in [5.74, 6) is -0.189. The van der Waals surface area contributed by atoms with E-state index in [0.717, 1.165) is 21.6 Å². The average Bonchev–Trinajstić information content (AvgIpc) is 3.08. The van der Waals surface area contributed by atoms with E-state index in [4.69, 9.17) is 11.6 Å². The molecule has 0 spiro atoms. The highest BCUT2D eigenvalue weighted by Crippen LogP contribution is 2.36. The van der Waals surface area contributed by atoms with Gasteiger partial charge in [-0.15, -0.1) is 11.3 Å². The van der Waals surface area contributed by atoms with Gasteiger partial charge in [-0.1, -0.05) is 59.8 Å². The quantitative estimate of drug-likeness (QED) is 0.276. The number of halogens is 1. The van der Waals surface area contributed by atoms with Gasteiger partial charge in [0.05, 0.1) is 10.6 Å². The monoisotopic (exact) mass is 469 g/mol. The lowest BCUT2D eigenvalue weighted by Gasteiger charge is -2.13. The summed E-state index contributed by atoms with van der Waals surface area (Å²) in [5.41, 5.74) is 3.18. The van der Waals surface area contributed by atoms with Gasteiger partial charge in [-0.2, -0.15) is 0 Å². The highest BCUT2D eigenvalue weighted by Gasteiger charge is 2.20. The number of nitrogens with one attached hydrogen (secondary N) is 2. The smallest absolute Gasteiger partial charge is 0.260 e. The zero-order chi connectivity index (χ0) is 22.1. The minimum absolute atomic E-state index is 0.189. The summed E-state index contributed by atoms with van der Waals surface area (Å²) >= 11 is 8.83. The topological polar surface area (TPSA) is 74.8 Å². The Bertz CT molecular complexity index is 1330. The molecule has 0 radical (unpaired) electrons. The molecule has 0 saturated carbocycles. The number of carbonyl (C=O) groups is 1. The minimum atomic E-state index is -0.464. The first-order valence-electron chi connectivity index (χ1n) is 9.66. The number of fused-ring (bicyclic) bond motifs is 1. The molecular weight excluding hydrogens is 450 g/mol. The van der Waals surface area contributed by atoms with Gasteiger partial charge < -0.3 is 10.3 Å². The van der Waals surface area contributed by atoms with Crippen LogP contribution in [0.2, 0.25) is 5.02 Å². The van der Waals surface area contributed by atoms with E-state index < -0.39 is 5.25 Å². The Labute approximate surface area is 192 Å². The number of aryl methyl sites for hydroxylation is 1. The molecule has 31 heavy (non-hydrogen) atoms. The van der Waals surface area contributed by atoms with Crippen LogP contribution in [-0.2, 0) is 4.79 Å². The van der Waals surface area contributed by atoms with Crippen LogP contribution >= 0.6 is 34.7 Å². The molecule has 158 valence electrons. The molecule has 0 aliphatic rings. The van der Waals surface area contributed by atoms with Crippen LogP contribution in [0.1, 0.15) is 17.4 Å². The van der Waals surface area contributed by atoms with Crippen LogP contribution in [0.4, 0.5) is 5.69 Å². The second kappa shape index (κ2) is 8.86. The maximum absolute atomic E-state index is 12.9. The van der Waals surface area contributed by atoms with Crippen molar-refractivity contribution in [2.45, 2.75) is 31.2 Å². The van der Waals surface area contributed by atoms with Crippen molar-refractivity contribution in [2.75, 3.05) is 5.32 Å². The molecule has 0 saturated heterocycles. The van der Waals surface area contributed by atoms with Gasteiger partial charge in [-0.05, 0) is 44.0 Å². The number of hydrogen-bond donors (Lipinski definition) is 2. The van der Waals surface area contributed by atoms with Crippen molar-refractivity contribution in [1.29, 1.82) is 0 Å². The van der Waals surface area contributed by atoms with Gasteiger partial charge in [0.15, 0.2) is 5.16 Å². The number of thiophene rings is 1. The van der Waals surface area contributed by atoms with Crippen molar-refractivity contribution in [2.24, 2.45) is 0 Å². The van der Waals surface area contributed by atoms with Crippen molar-refractivity contribution in [3.8, 4) is 11.1 Å². The van der Waals surface area contributed by atoms with Crippen LogP contribution in [0.15, 0.2) is 58.5 Å². The van der Waals surface area contributed by atoms with E-state index >= 15 is 0 Å². The summed E-state index contributed by atoms with van der Waals surface area (Å²) in [6, 6.07) is 15.2. The number of nitrogens with zero attached hydrogens (tertiary/aromatic N) is 1. The summed E-state index contributed by atoms with van der Waals surface area (Å²) in [5, 5.41) is 4.03. The minimum Gasteiger partial charge on any atom is -0.325 e. The number of hydrogen-bond acceptors (Lipinski definition) is 5. The Balaban J connectivity index is 1.60. The fourth-order valence-corrected chi connectivity index (χ4v) is 5.38. The third kappa shape index (κ3) is 4.39. The van der Waals surface area contributed by atoms with Crippen molar-refractivity contribution in [1.82, 2.24) is 9.97 Å². The molecule has 1 amide bonds. The van der Waals surface area contributed by atoms with Gasteiger partial charge in [-0.3, -0.25) is 9.59 Å². The molecule has 5 nitrogen and oxygen atoms in total. The zero-order valence-corrected chi connectivity index (χ0v) is 19.5. The first kappa shape index (κ1) is 21.6. The van der Waals surface area contributed by atoms with Crippen LogP contribution in [0.25, 0.3) is 21.3 Å².